The lowest BCUT2D eigenvalue weighted by atomic mass is 9.88. The van der Waals surface area contributed by atoms with E-state index in [2.05, 4.69) is 12.2 Å². The quantitative estimate of drug-likeness (QED) is 0.577. The molecule has 0 aliphatic heterocycles. The maximum absolute atomic E-state index is 5.70. The molecule has 0 bridgehead atoms. The number of hydrogen-bond acceptors (Lipinski definition) is 3. The first kappa shape index (κ1) is 15.9. The Bertz CT molecular complexity index is 181. The van der Waals surface area contributed by atoms with Crippen LogP contribution in [0, 0.1) is 11.8 Å². The largest absolute Gasteiger partial charge is 0.385 e. The van der Waals surface area contributed by atoms with Gasteiger partial charge in [0, 0.05) is 26.9 Å². The average Bonchev–Trinajstić information content (AvgIpc) is 2.91. The highest BCUT2D eigenvalue weighted by molar-refractivity contribution is 4.77. The smallest absolute Gasteiger partial charge is 0.0487 e. The van der Waals surface area contributed by atoms with Crippen molar-refractivity contribution in [2.24, 2.45) is 11.8 Å². The molecule has 0 amide bonds. The lowest BCUT2D eigenvalue weighted by molar-refractivity contribution is 0.0875. The molecule has 1 N–H and O–H groups in total. The third-order valence-electron chi connectivity index (χ3n) is 3.99. The van der Waals surface area contributed by atoms with Crippen LogP contribution < -0.4 is 5.32 Å². The van der Waals surface area contributed by atoms with E-state index >= 15 is 0 Å². The maximum Gasteiger partial charge on any atom is 0.0487 e. The van der Waals surface area contributed by atoms with Crippen molar-refractivity contribution < 1.29 is 9.47 Å². The van der Waals surface area contributed by atoms with Crippen LogP contribution in [0.2, 0.25) is 0 Å². The van der Waals surface area contributed by atoms with Crippen molar-refractivity contribution in [1.82, 2.24) is 5.32 Å². The van der Waals surface area contributed by atoms with E-state index in [9.17, 15) is 0 Å². The summed E-state index contributed by atoms with van der Waals surface area (Å²) in [4.78, 5) is 0. The fourth-order valence-corrected chi connectivity index (χ4v) is 2.91. The molecule has 18 heavy (non-hydrogen) atoms. The molecule has 0 radical (unpaired) electrons. The first-order valence-corrected chi connectivity index (χ1v) is 7.65. The van der Waals surface area contributed by atoms with Crippen molar-refractivity contribution in [3.63, 3.8) is 0 Å². The summed E-state index contributed by atoms with van der Waals surface area (Å²) in [5.74, 6) is 1.75. The Hall–Kier alpha value is -0.120. The molecule has 0 aromatic carbocycles. The highest BCUT2D eigenvalue weighted by Gasteiger charge is 2.24. The van der Waals surface area contributed by atoms with Gasteiger partial charge in [0.05, 0.1) is 0 Å². The molecule has 1 rings (SSSR count). The lowest BCUT2D eigenvalue weighted by Gasteiger charge is -2.23. The van der Waals surface area contributed by atoms with Crippen LogP contribution in [0.4, 0.5) is 0 Å². The molecule has 0 aromatic rings. The number of nitrogens with one attached hydrogen (secondary N) is 1. The Morgan fingerprint density at radius 1 is 1.17 bits per heavy atom. The summed E-state index contributed by atoms with van der Waals surface area (Å²) in [6, 6.07) is 0. The fraction of sp³-hybridized carbons (Fsp3) is 1.00. The summed E-state index contributed by atoms with van der Waals surface area (Å²) in [7, 11) is 1.74. The van der Waals surface area contributed by atoms with E-state index in [-0.39, 0.29) is 0 Å². The Morgan fingerprint density at radius 3 is 2.61 bits per heavy atom. The van der Waals surface area contributed by atoms with Crippen molar-refractivity contribution >= 4 is 0 Å². The fourth-order valence-electron chi connectivity index (χ4n) is 2.91. The maximum atomic E-state index is 5.70. The van der Waals surface area contributed by atoms with Gasteiger partial charge in [0.2, 0.25) is 0 Å². The molecule has 0 heterocycles. The summed E-state index contributed by atoms with van der Waals surface area (Å²) < 4.78 is 10.7. The number of methoxy groups -OCH3 is 1. The Morgan fingerprint density at radius 2 is 1.94 bits per heavy atom. The molecule has 108 valence electrons. The van der Waals surface area contributed by atoms with Crippen LogP contribution >= 0.6 is 0 Å². The van der Waals surface area contributed by atoms with Gasteiger partial charge >= 0.3 is 0 Å². The Kier molecular flexibility index (Phi) is 9.54. The van der Waals surface area contributed by atoms with Crippen LogP contribution in [0.15, 0.2) is 0 Å². The normalized spacial score (nSPS) is 18.3. The Labute approximate surface area is 113 Å². The van der Waals surface area contributed by atoms with E-state index in [0.717, 1.165) is 44.6 Å². The van der Waals surface area contributed by atoms with Crippen LogP contribution in [0.1, 0.15) is 45.4 Å². The third kappa shape index (κ3) is 6.72. The topological polar surface area (TPSA) is 30.5 Å². The van der Waals surface area contributed by atoms with Crippen molar-refractivity contribution in [3.05, 3.63) is 0 Å². The summed E-state index contributed by atoms with van der Waals surface area (Å²) in [6.07, 6.45) is 7.95. The SMILES string of the molecule is CCNCC(CCOCCCOC)C1CCCC1. The number of hydrogen-bond donors (Lipinski definition) is 1. The van der Waals surface area contributed by atoms with Crippen LogP contribution in [0.25, 0.3) is 0 Å². The number of rotatable bonds is 11. The molecule has 1 atom stereocenters. The minimum atomic E-state index is 0.809. The Balaban J connectivity index is 2.11. The molecule has 1 aliphatic carbocycles. The molecule has 3 heteroatoms. The summed E-state index contributed by atoms with van der Waals surface area (Å²) in [5.41, 5.74) is 0. The summed E-state index contributed by atoms with van der Waals surface area (Å²) >= 11 is 0. The molecular formula is C15H31NO2. The van der Waals surface area contributed by atoms with Crippen molar-refractivity contribution in [3.8, 4) is 0 Å². The van der Waals surface area contributed by atoms with Gasteiger partial charge in [0.1, 0.15) is 0 Å². The zero-order chi connectivity index (χ0) is 13.1. The monoisotopic (exact) mass is 257 g/mol. The van der Waals surface area contributed by atoms with Gasteiger partial charge < -0.3 is 14.8 Å². The molecule has 1 fully saturated rings. The minimum Gasteiger partial charge on any atom is -0.385 e. The van der Waals surface area contributed by atoms with E-state index in [1.807, 2.05) is 0 Å². The van der Waals surface area contributed by atoms with Crippen LogP contribution in [-0.2, 0) is 9.47 Å². The van der Waals surface area contributed by atoms with Gasteiger partial charge in [-0.2, -0.15) is 0 Å². The molecule has 1 saturated carbocycles. The second-order valence-corrected chi connectivity index (χ2v) is 5.36. The lowest BCUT2D eigenvalue weighted by Crippen LogP contribution is -2.28. The number of ether oxygens (including phenoxy) is 2. The van der Waals surface area contributed by atoms with Gasteiger partial charge in [0.25, 0.3) is 0 Å². The van der Waals surface area contributed by atoms with Gasteiger partial charge in [-0.1, -0.05) is 32.6 Å². The van der Waals surface area contributed by atoms with Gasteiger partial charge in [-0.15, -0.1) is 0 Å². The second kappa shape index (κ2) is 10.8. The summed E-state index contributed by atoms with van der Waals surface area (Å²) in [6.45, 7) is 7.00. The zero-order valence-corrected chi connectivity index (χ0v) is 12.2. The van der Waals surface area contributed by atoms with E-state index in [4.69, 9.17) is 9.47 Å². The van der Waals surface area contributed by atoms with Crippen LogP contribution in [-0.4, -0.2) is 40.0 Å². The average molecular weight is 257 g/mol. The standard InChI is InChI=1S/C15H31NO2/c1-3-16-13-15(14-7-4-5-8-14)9-12-18-11-6-10-17-2/h14-16H,3-13H2,1-2H3. The molecule has 0 saturated heterocycles. The van der Waals surface area contributed by atoms with Gasteiger partial charge in [0.15, 0.2) is 0 Å². The van der Waals surface area contributed by atoms with E-state index in [1.54, 1.807) is 7.11 Å². The molecule has 0 spiro atoms. The molecule has 3 nitrogen and oxygen atoms in total. The van der Waals surface area contributed by atoms with E-state index in [0.29, 0.717) is 0 Å². The molecule has 0 aromatic heterocycles. The van der Waals surface area contributed by atoms with Crippen LogP contribution in [0.5, 0.6) is 0 Å². The molecule has 1 unspecified atom stereocenters. The highest BCUT2D eigenvalue weighted by Crippen LogP contribution is 2.32. The molecule has 1 aliphatic rings. The predicted octanol–water partition coefficient (Wildman–Crippen LogP) is 2.85. The minimum absolute atomic E-state index is 0.809. The predicted molar refractivity (Wildman–Crippen MR) is 75.9 cm³/mol. The van der Waals surface area contributed by atoms with Crippen molar-refractivity contribution in [2.45, 2.75) is 45.4 Å². The first-order chi connectivity index (χ1) is 8.88. The second-order valence-electron chi connectivity index (χ2n) is 5.36. The van der Waals surface area contributed by atoms with E-state index < -0.39 is 0 Å². The first-order valence-electron chi connectivity index (χ1n) is 7.65. The third-order valence-corrected chi connectivity index (χ3v) is 3.99. The van der Waals surface area contributed by atoms with Crippen molar-refractivity contribution in [2.75, 3.05) is 40.0 Å². The molecular weight excluding hydrogens is 226 g/mol. The van der Waals surface area contributed by atoms with E-state index in [1.165, 1.54) is 38.6 Å². The van der Waals surface area contributed by atoms with Crippen LogP contribution in [0.3, 0.4) is 0 Å². The van der Waals surface area contributed by atoms with Gasteiger partial charge in [-0.05, 0) is 37.8 Å². The van der Waals surface area contributed by atoms with Gasteiger partial charge in [-0.25, -0.2) is 0 Å². The van der Waals surface area contributed by atoms with Gasteiger partial charge in [-0.3, -0.25) is 0 Å². The highest BCUT2D eigenvalue weighted by atomic mass is 16.5. The summed E-state index contributed by atoms with van der Waals surface area (Å²) in [5, 5.41) is 3.51. The van der Waals surface area contributed by atoms with Crippen molar-refractivity contribution in [1.29, 1.82) is 0 Å². The zero-order valence-electron chi connectivity index (χ0n) is 12.2.